The lowest BCUT2D eigenvalue weighted by molar-refractivity contribution is -0.122. The second-order valence-electron chi connectivity index (χ2n) is 9.27. The van der Waals surface area contributed by atoms with Crippen LogP contribution in [0.4, 0.5) is 0 Å². The molecule has 3 aromatic rings. The summed E-state index contributed by atoms with van der Waals surface area (Å²) in [6.07, 6.45) is 2.83. The minimum atomic E-state index is -3.37. The van der Waals surface area contributed by atoms with Gasteiger partial charge in [-0.25, -0.2) is 13.4 Å². The lowest BCUT2D eigenvalue weighted by atomic mass is 10.1. The SMILES string of the molecule is Cc1cc(Oc2ccc(S(C)(=O)=O)nc2)cc2cc(C3=NCC(CC(=O)NCC(C)(C)O)S3)[nH]c12. The van der Waals surface area contributed by atoms with Gasteiger partial charge in [-0.15, -0.1) is 0 Å². The molecule has 0 fully saturated rings. The Hall–Kier alpha value is -2.89. The first-order valence-electron chi connectivity index (χ1n) is 11.1. The van der Waals surface area contributed by atoms with Gasteiger partial charge in [0.2, 0.25) is 5.91 Å². The first kappa shape index (κ1) is 25.2. The smallest absolute Gasteiger partial charge is 0.221 e. The van der Waals surface area contributed by atoms with Crippen LogP contribution in [0.15, 0.2) is 46.5 Å². The van der Waals surface area contributed by atoms with Gasteiger partial charge in [0.1, 0.15) is 16.5 Å². The van der Waals surface area contributed by atoms with Crippen LogP contribution in [-0.2, 0) is 14.6 Å². The highest BCUT2D eigenvalue weighted by Gasteiger charge is 2.25. The molecule has 0 spiro atoms. The first-order valence-corrected chi connectivity index (χ1v) is 13.8. The normalized spacial score (nSPS) is 16.4. The number of hydrogen-bond donors (Lipinski definition) is 3. The number of nitrogens with one attached hydrogen (secondary N) is 2. The topological polar surface area (TPSA) is 134 Å². The number of aliphatic imine (C=N–C) groups is 1. The number of carbonyl (C=O) groups is 1. The summed E-state index contributed by atoms with van der Waals surface area (Å²) in [6.45, 7) is 6.03. The van der Waals surface area contributed by atoms with Crippen molar-refractivity contribution in [3.8, 4) is 11.5 Å². The van der Waals surface area contributed by atoms with Crippen molar-refractivity contribution < 1.29 is 23.1 Å². The first-order chi connectivity index (χ1) is 16.4. The molecule has 9 nitrogen and oxygen atoms in total. The lowest BCUT2D eigenvalue weighted by Crippen LogP contribution is -2.39. The number of aliphatic hydroxyl groups is 1. The minimum absolute atomic E-state index is 0.00498. The van der Waals surface area contributed by atoms with Gasteiger partial charge in [-0.05, 0) is 56.7 Å². The predicted octanol–water partition coefficient (Wildman–Crippen LogP) is 3.21. The van der Waals surface area contributed by atoms with Crippen LogP contribution < -0.4 is 10.1 Å². The van der Waals surface area contributed by atoms with Crippen LogP contribution >= 0.6 is 11.8 Å². The Balaban J connectivity index is 1.44. The second kappa shape index (κ2) is 9.63. The molecule has 3 heterocycles. The van der Waals surface area contributed by atoms with Crippen molar-refractivity contribution >= 4 is 43.5 Å². The number of nitrogens with zero attached hydrogens (tertiary/aromatic N) is 2. The number of rotatable bonds is 8. The van der Waals surface area contributed by atoms with Gasteiger partial charge in [0.05, 0.1) is 24.0 Å². The molecule has 4 rings (SSSR count). The highest BCUT2D eigenvalue weighted by molar-refractivity contribution is 8.15. The van der Waals surface area contributed by atoms with E-state index in [1.165, 1.54) is 12.3 Å². The van der Waals surface area contributed by atoms with Gasteiger partial charge < -0.3 is 20.1 Å². The molecule has 0 bridgehead atoms. The molecule has 1 unspecified atom stereocenters. The van der Waals surface area contributed by atoms with Crippen molar-refractivity contribution in [2.24, 2.45) is 4.99 Å². The quantitative estimate of drug-likeness (QED) is 0.419. The average Bonchev–Trinajstić information content (AvgIpc) is 3.39. The molecule has 1 aliphatic heterocycles. The predicted molar refractivity (Wildman–Crippen MR) is 137 cm³/mol. The van der Waals surface area contributed by atoms with Gasteiger partial charge in [0, 0.05) is 35.4 Å². The largest absolute Gasteiger partial charge is 0.456 e. The summed E-state index contributed by atoms with van der Waals surface area (Å²) >= 11 is 1.56. The molecular weight excluding hydrogens is 488 g/mol. The van der Waals surface area contributed by atoms with Crippen LogP contribution in [0, 0.1) is 6.92 Å². The lowest BCUT2D eigenvalue weighted by Gasteiger charge is -2.18. The fourth-order valence-electron chi connectivity index (χ4n) is 3.61. The number of fused-ring (bicyclic) bond motifs is 1. The van der Waals surface area contributed by atoms with E-state index in [-0.39, 0.29) is 22.7 Å². The summed E-state index contributed by atoms with van der Waals surface area (Å²) < 4.78 is 29.1. The number of ether oxygens (including phenoxy) is 1. The average molecular weight is 517 g/mol. The summed E-state index contributed by atoms with van der Waals surface area (Å²) in [5, 5.41) is 14.4. The van der Waals surface area contributed by atoms with Crippen molar-refractivity contribution in [3.63, 3.8) is 0 Å². The third-order valence-corrected chi connectivity index (χ3v) is 7.52. The Labute approximate surface area is 208 Å². The molecule has 2 aromatic heterocycles. The Bertz CT molecular complexity index is 1390. The zero-order valence-corrected chi connectivity index (χ0v) is 21.6. The third kappa shape index (κ3) is 6.41. The maximum absolute atomic E-state index is 12.2. The molecule has 1 atom stereocenters. The number of thioether (sulfide) groups is 1. The highest BCUT2D eigenvalue weighted by Crippen LogP contribution is 2.33. The summed E-state index contributed by atoms with van der Waals surface area (Å²) in [5.74, 6) is 0.944. The standard InChI is InChI=1S/C24H28N4O5S2/c1-14-7-17(33-16-5-6-21(25-11-16)35(4,31)32)8-15-9-19(28-22(14)15)23-26-12-18(34-23)10-20(29)27-13-24(2,3)30/h5-9,11,18,28,30H,10,12-13H2,1-4H3,(H,27,29). The van der Waals surface area contributed by atoms with Gasteiger partial charge in [0.25, 0.3) is 0 Å². The molecule has 0 aliphatic carbocycles. The number of aromatic amines is 1. The Morgan fingerprint density at radius 3 is 2.71 bits per heavy atom. The number of hydrogen-bond acceptors (Lipinski definition) is 8. The molecule has 1 aliphatic rings. The van der Waals surface area contributed by atoms with Crippen LogP contribution in [0.5, 0.6) is 11.5 Å². The number of H-pyrrole nitrogens is 1. The van der Waals surface area contributed by atoms with E-state index in [1.807, 2.05) is 25.1 Å². The molecule has 3 N–H and O–H groups in total. The van der Waals surface area contributed by atoms with Crippen molar-refractivity contribution in [2.45, 2.75) is 43.1 Å². The zero-order chi connectivity index (χ0) is 25.4. The monoisotopic (exact) mass is 516 g/mol. The molecule has 11 heteroatoms. The number of aryl methyl sites for hydroxylation is 1. The van der Waals surface area contributed by atoms with Crippen molar-refractivity contribution in [2.75, 3.05) is 19.3 Å². The van der Waals surface area contributed by atoms with Gasteiger partial charge in [-0.2, -0.15) is 0 Å². The van der Waals surface area contributed by atoms with Gasteiger partial charge in [-0.3, -0.25) is 9.79 Å². The summed E-state index contributed by atoms with van der Waals surface area (Å²) in [6, 6.07) is 8.79. The number of aromatic nitrogens is 2. The number of pyridine rings is 1. The fourth-order valence-corrected chi connectivity index (χ4v) is 5.26. The summed E-state index contributed by atoms with van der Waals surface area (Å²) in [7, 11) is -3.37. The Morgan fingerprint density at radius 1 is 1.29 bits per heavy atom. The van der Waals surface area contributed by atoms with Gasteiger partial charge in [-0.1, -0.05) is 11.8 Å². The second-order valence-corrected chi connectivity index (χ2v) is 12.5. The molecule has 35 heavy (non-hydrogen) atoms. The molecule has 186 valence electrons. The van der Waals surface area contributed by atoms with E-state index in [1.54, 1.807) is 31.7 Å². The van der Waals surface area contributed by atoms with E-state index in [0.717, 1.165) is 33.5 Å². The highest BCUT2D eigenvalue weighted by atomic mass is 32.2. The number of benzene rings is 1. The maximum Gasteiger partial charge on any atom is 0.221 e. The molecule has 0 radical (unpaired) electrons. The maximum atomic E-state index is 12.2. The van der Waals surface area contributed by atoms with E-state index in [9.17, 15) is 18.3 Å². The molecule has 0 saturated carbocycles. The zero-order valence-electron chi connectivity index (χ0n) is 20.0. The third-order valence-electron chi connectivity index (χ3n) is 5.30. The molecule has 0 saturated heterocycles. The minimum Gasteiger partial charge on any atom is -0.456 e. The van der Waals surface area contributed by atoms with Crippen LogP contribution in [0.3, 0.4) is 0 Å². The van der Waals surface area contributed by atoms with Gasteiger partial charge in [0.15, 0.2) is 14.9 Å². The van der Waals surface area contributed by atoms with Crippen molar-refractivity contribution in [1.82, 2.24) is 15.3 Å². The van der Waals surface area contributed by atoms with Crippen LogP contribution in [-0.4, -0.2) is 64.6 Å². The number of carbonyl (C=O) groups excluding carboxylic acids is 1. The van der Waals surface area contributed by atoms with E-state index >= 15 is 0 Å². The van der Waals surface area contributed by atoms with E-state index in [4.69, 9.17) is 4.74 Å². The summed E-state index contributed by atoms with van der Waals surface area (Å²) in [4.78, 5) is 24.2. The Morgan fingerprint density at radius 2 is 2.06 bits per heavy atom. The van der Waals surface area contributed by atoms with E-state index in [0.29, 0.717) is 24.5 Å². The molecule has 1 amide bonds. The summed E-state index contributed by atoms with van der Waals surface area (Å²) in [5.41, 5.74) is 1.88. The van der Waals surface area contributed by atoms with Crippen LogP contribution in [0.25, 0.3) is 10.9 Å². The fraction of sp³-hybridized carbons (Fsp3) is 0.375. The molecular formula is C24H28N4O5S2. The number of sulfone groups is 1. The van der Waals surface area contributed by atoms with E-state index < -0.39 is 15.4 Å². The van der Waals surface area contributed by atoms with Gasteiger partial charge >= 0.3 is 0 Å². The van der Waals surface area contributed by atoms with Crippen molar-refractivity contribution in [3.05, 3.63) is 47.8 Å². The Kier molecular flexibility index (Phi) is 6.94. The number of amides is 1. The van der Waals surface area contributed by atoms with E-state index in [2.05, 4.69) is 20.3 Å². The van der Waals surface area contributed by atoms with Crippen LogP contribution in [0.2, 0.25) is 0 Å². The molecule has 1 aromatic carbocycles. The van der Waals surface area contributed by atoms with Crippen molar-refractivity contribution in [1.29, 1.82) is 0 Å². The van der Waals surface area contributed by atoms with Crippen LogP contribution in [0.1, 0.15) is 31.5 Å².